The van der Waals surface area contributed by atoms with Crippen LogP contribution in [0.2, 0.25) is 5.02 Å². The zero-order valence-corrected chi connectivity index (χ0v) is 13.7. The van der Waals surface area contributed by atoms with E-state index >= 15 is 0 Å². The summed E-state index contributed by atoms with van der Waals surface area (Å²) in [6, 6.07) is 8.58. The summed E-state index contributed by atoms with van der Waals surface area (Å²) in [4.78, 5) is 12.2. The summed E-state index contributed by atoms with van der Waals surface area (Å²) in [5.74, 6) is -0.879. The molecule has 0 radical (unpaired) electrons. The van der Waals surface area contributed by atoms with Gasteiger partial charge < -0.3 is 11.1 Å². The first-order chi connectivity index (χ1) is 9.88. The van der Waals surface area contributed by atoms with Crippen LogP contribution in [0.15, 0.2) is 40.9 Å². The number of hydrogen-bond donors (Lipinski definition) is 2. The van der Waals surface area contributed by atoms with Crippen LogP contribution in [0.25, 0.3) is 0 Å². The highest BCUT2D eigenvalue weighted by atomic mass is 79.9. The van der Waals surface area contributed by atoms with Crippen molar-refractivity contribution in [2.75, 3.05) is 5.32 Å². The fourth-order valence-electron chi connectivity index (χ4n) is 1.66. The van der Waals surface area contributed by atoms with Gasteiger partial charge in [-0.25, -0.2) is 4.39 Å². The second-order valence-corrected chi connectivity index (χ2v) is 5.84. The summed E-state index contributed by atoms with van der Waals surface area (Å²) < 4.78 is 13.9. The van der Waals surface area contributed by atoms with E-state index in [1.165, 1.54) is 24.3 Å². The lowest BCUT2D eigenvalue weighted by molar-refractivity contribution is 0.102. The molecule has 0 bridgehead atoms. The molecule has 2 aromatic carbocycles. The minimum atomic E-state index is -0.484. The molecule has 0 unspecified atom stereocenters. The molecule has 0 heterocycles. The van der Waals surface area contributed by atoms with Gasteiger partial charge >= 0.3 is 0 Å². The van der Waals surface area contributed by atoms with E-state index in [0.29, 0.717) is 20.7 Å². The van der Waals surface area contributed by atoms with Gasteiger partial charge in [0, 0.05) is 15.6 Å². The smallest absolute Gasteiger partial charge is 0.255 e. The number of nitrogens with two attached hydrogens (primary N) is 1. The first-order valence-electron chi connectivity index (χ1n) is 5.74. The molecule has 7 heteroatoms. The summed E-state index contributed by atoms with van der Waals surface area (Å²) >= 11 is 14.0. The number of nitrogens with one attached hydrogen (secondary N) is 1. The zero-order valence-electron chi connectivity index (χ0n) is 10.5. The molecule has 2 aromatic rings. The molecule has 0 atom stereocenters. The van der Waals surface area contributed by atoms with E-state index in [1.54, 1.807) is 12.1 Å². The van der Waals surface area contributed by atoms with Gasteiger partial charge in [-0.2, -0.15) is 0 Å². The van der Waals surface area contributed by atoms with Crippen LogP contribution in [-0.2, 0) is 0 Å². The fraction of sp³-hybridized carbons (Fsp3) is 0. The van der Waals surface area contributed by atoms with Crippen molar-refractivity contribution >= 4 is 56.3 Å². The molecular formula is C14H9BrClFN2OS. The monoisotopic (exact) mass is 386 g/mol. The number of anilines is 1. The van der Waals surface area contributed by atoms with E-state index in [9.17, 15) is 9.18 Å². The van der Waals surface area contributed by atoms with Crippen molar-refractivity contribution in [1.82, 2.24) is 0 Å². The molecule has 0 fully saturated rings. The molecule has 0 spiro atoms. The Morgan fingerprint density at radius 2 is 2.00 bits per heavy atom. The Labute approximate surface area is 139 Å². The molecule has 3 nitrogen and oxygen atoms in total. The Morgan fingerprint density at radius 1 is 1.29 bits per heavy atom. The number of halogens is 3. The number of benzene rings is 2. The van der Waals surface area contributed by atoms with Gasteiger partial charge in [-0.15, -0.1) is 0 Å². The number of amides is 1. The average Bonchev–Trinajstić information content (AvgIpc) is 2.43. The molecule has 21 heavy (non-hydrogen) atoms. The van der Waals surface area contributed by atoms with Crippen LogP contribution in [0.5, 0.6) is 0 Å². The van der Waals surface area contributed by atoms with Crippen molar-refractivity contribution in [3.63, 3.8) is 0 Å². The van der Waals surface area contributed by atoms with E-state index in [1.807, 2.05) is 0 Å². The lowest BCUT2D eigenvalue weighted by Crippen LogP contribution is -2.18. The Hall–Kier alpha value is -1.50. The summed E-state index contributed by atoms with van der Waals surface area (Å²) in [5, 5.41) is 3.05. The van der Waals surface area contributed by atoms with Crippen LogP contribution in [0.1, 0.15) is 15.9 Å². The second-order valence-electron chi connectivity index (χ2n) is 4.14. The number of carbonyl (C=O) groups is 1. The molecule has 0 saturated heterocycles. The summed E-state index contributed by atoms with van der Waals surface area (Å²) in [5.41, 5.74) is 6.50. The van der Waals surface area contributed by atoms with Crippen molar-refractivity contribution in [3.8, 4) is 0 Å². The number of rotatable bonds is 3. The molecule has 108 valence electrons. The first-order valence-corrected chi connectivity index (χ1v) is 7.32. The van der Waals surface area contributed by atoms with E-state index in [4.69, 9.17) is 29.6 Å². The van der Waals surface area contributed by atoms with Crippen molar-refractivity contribution < 1.29 is 9.18 Å². The second kappa shape index (κ2) is 6.51. The third-order valence-electron chi connectivity index (χ3n) is 2.68. The third-order valence-corrected chi connectivity index (χ3v) is 4.13. The molecule has 2 rings (SSSR count). The van der Waals surface area contributed by atoms with Gasteiger partial charge in [-0.05, 0) is 52.3 Å². The average molecular weight is 388 g/mol. The summed E-state index contributed by atoms with van der Waals surface area (Å²) in [6.07, 6.45) is 0. The predicted octanol–water partition coefficient (Wildman–Crippen LogP) is 4.13. The maximum absolute atomic E-state index is 13.2. The quantitative estimate of drug-likeness (QED) is 0.779. The minimum Gasteiger partial charge on any atom is -0.389 e. The van der Waals surface area contributed by atoms with Crippen molar-refractivity contribution in [3.05, 3.63) is 62.8 Å². The highest BCUT2D eigenvalue weighted by Gasteiger charge is 2.12. The van der Waals surface area contributed by atoms with E-state index in [-0.39, 0.29) is 10.6 Å². The maximum atomic E-state index is 13.2. The Morgan fingerprint density at radius 3 is 2.62 bits per heavy atom. The largest absolute Gasteiger partial charge is 0.389 e. The standard InChI is InChI=1S/C14H9BrClFN2OS/c15-10-3-1-7(5-11(10)16)14(20)19-12-4-2-8(17)6-9(12)13(18)21/h1-6H,(H2,18,21)(H,19,20). The van der Waals surface area contributed by atoms with Gasteiger partial charge in [0.25, 0.3) is 5.91 Å². The van der Waals surface area contributed by atoms with E-state index in [0.717, 1.165) is 0 Å². The molecular weight excluding hydrogens is 379 g/mol. The molecule has 0 saturated carbocycles. The van der Waals surface area contributed by atoms with Crippen LogP contribution < -0.4 is 11.1 Å². The fourth-order valence-corrected chi connectivity index (χ4v) is 2.26. The van der Waals surface area contributed by atoms with Crippen LogP contribution in [0.4, 0.5) is 10.1 Å². The molecule has 0 aliphatic heterocycles. The first kappa shape index (κ1) is 15.9. The molecule has 1 amide bonds. The van der Waals surface area contributed by atoms with Crippen molar-refractivity contribution in [2.24, 2.45) is 5.73 Å². The van der Waals surface area contributed by atoms with Gasteiger partial charge in [0.1, 0.15) is 10.8 Å². The lowest BCUT2D eigenvalue weighted by Gasteiger charge is -2.10. The van der Waals surface area contributed by atoms with Crippen LogP contribution in [-0.4, -0.2) is 10.9 Å². The van der Waals surface area contributed by atoms with Gasteiger partial charge in [-0.1, -0.05) is 23.8 Å². The number of thiocarbonyl (C=S) groups is 1. The van der Waals surface area contributed by atoms with Gasteiger partial charge in [0.2, 0.25) is 0 Å². The normalized spacial score (nSPS) is 10.2. The maximum Gasteiger partial charge on any atom is 0.255 e. The molecule has 0 aliphatic rings. The van der Waals surface area contributed by atoms with Gasteiger partial charge in [0.15, 0.2) is 0 Å². The SMILES string of the molecule is NC(=S)c1cc(F)ccc1NC(=O)c1ccc(Br)c(Cl)c1. The highest BCUT2D eigenvalue weighted by Crippen LogP contribution is 2.24. The Bertz CT molecular complexity index is 739. The van der Waals surface area contributed by atoms with E-state index < -0.39 is 11.7 Å². The van der Waals surface area contributed by atoms with Crippen LogP contribution in [0.3, 0.4) is 0 Å². The summed E-state index contributed by atoms with van der Waals surface area (Å²) in [6.45, 7) is 0. The highest BCUT2D eigenvalue weighted by molar-refractivity contribution is 9.10. The minimum absolute atomic E-state index is 0.00126. The molecule has 0 aliphatic carbocycles. The molecule has 3 N–H and O–H groups in total. The number of hydrogen-bond acceptors (Lipinski definition) is 2. The predicted molar refractivity (Wildman–Crippen MR) is 89.4 cm³/mol. The van der Waals surface area contributed by atoms with E-state index in [2.05, 4.69) is 21.2 Å². The van der Waals surface area contributed by atoms with Crippen molar-refractivity contribution in [1.29, 1.82) is 0 Å². The summed E-state index contributed by atoms with van der Waals surface area (Å²) in [7, 11) is 0. The number of carbonyl (C=O) groups excluding carboxylic acids is 1. The van der Waals surface area contributed by atoms with Crippen LogP contribution >= 0.6 is 39.7 Å². The Kier molecular flexibility index (Phi) is 4.92. The van der Waals surface area contributed by atoms with Gasteiger partial charge in [0.05, 0.1) is 10.7 Å². The Balaban J connectivity index is 2.31. The topological polar surface area (TPSA) is 55.1 Å². The zero-order chi connectivity index (χ0) is 15.6. The van der Waals surface area contributed by atoms with Crippen molar-refractivity contribution in [2.45, 2.75) is 0 Å². The molecule has 0 aromatic heterocycles. The van der Waals surface area contributed by atoms with Gasteiger partial charge in [-0.3, -0.25) is 4.79 Å². The van der Waals surface area contributed by atoms with Crippen LogP contribution in [0, 0.1) is 5.82 Å². The lowest BCUT2D eigenvalue weighted by atomic mass is 10.1. The third kappa shape index (κ3) is 3.78.